The number of nitrogens with zero attached hydrogens (tertiary/aromatic N) is 1. The van der Waals surface area contributed by atoms with Crippen LogP contribution < -0.4 is 4.74 Å². The third kappa shape index (κ3) is 4.68. The van der Waals surface area contributed by atoms with Gasteiger partial charge >= 0.3 is 12.3 Å². The molecule has 0 spiro atoms. The number of halogens is 5. The van der Waals surface area contributed by atoms with E-state index in [4.69, 9.17) is 11.6 Å². The molecule has 0 aliphatic carbocycles. The van der Waals surface area contributed by atoms with E-state index >= 15 is 0 Å². The van der Waals surface area contributed by atoms with Crippen LogP contribution in [0.3, 0.4) is 0 Å². The third-order valence-electron chi connectivity index (χ3n) is 2.02. The monoisotopic (exact) mass is 409 g/mol. The molecular formula is C10H8ClF3INO3. The summed E-state index contributed by atoms with van der Waals surface area (Å²) in [5, 5.41) is 0. The number of alkyl halides is 4. The van der Waals surface area contributed by atoms with Crippen LogP contribution >= 0.6 is 34.2 Å². The molecule has 1 aromatic heterocycles. The summed E-state index contributed by atoms with van der Waals surface area (Å²) in [6.07, 6.45) is -3.99. The molecule has 0 N–H and O–H groups in total. The Bertz CT molecular complexity index is 482. The van der Waals surface area contributed by atoms with Gasteiger partial charge < -0.3 is 9.47 Å². The number of hydrogen-bond donors (Lipinski definition) is 0. The van der Waals surface area contributed by atoms with Crippen molar-refractivity contribution in [2.45, 2.75) is 18.7 Å². The Hall–Kier alpha value is -0.770. The van der Waals surface area contributed by atoms with Gasteiger partial charge in [-0.2, -0.15) is 0 Å². The molecule has 0 saturated carbocycles. The van der Waals surface area contributed by atoms with Crippen LogP contribution in [-0.4, -0.2) is 24.4 Å². The van der Waals surface area contributed by atoms with Crippen molar-refractivity contribution in [2.24, 2.45) is 0 Å². The smallest absolute Gasteiger partial charge is 0.469 e. The van der Waals surface area contributed by atoms with E-state index < -0.39 is 24.5 Å². The van der Waals surface area contributed by atoms with Crippen LogP contribution in [0.15, 0.2) is 6.20 Å². The van der Waals surface area contributed by atoms with Crippen molar-refractivity contribution >= 4 is 40.2 Å². The lowest BCUT2D eigenvalue weighted by atomic mass is 10.2. The second-order valence-electron chi connectivity index (χ2n) is 3.31. The summed E-state index contributed by atoms with van der Waals surface area (Å²) in [5.41, 5.74) is 0.234. The van der Waals surface area contributed by atoms with Crippen LogP contribution in [0, 0.1) is 3.57 Å². The summed E-state index contributed by atoms with van der Waals surface area (Å²) in [6, 6.07) is 0. The first-order valence-corrected chi connectivity index (χ1v) is 6.44. The zero-order valence-electron chi connectivity index (χ0n) is 9.55. The highest BCUT2D eigenvalue weighted by Gasteiger charge is 2.34. The molecular weight excluding hydrogens is 401 g/mol. The van der Waals surface area contributed by atoms with E-state index in [-0.39, 0.29) is 15.1 Å². The first kappa shape index (κ1) is 16.3. The molecule has 1 aromatic rings. The summed E-state index contributed by atoms with van der Waals surface area (Å²) in [7, 11) is 1.13. The molecule has 1 rings (SSSR count). The number of aromatic nitrogens is 1. The van der Waals surface area contributed by atoms with Crippen molar-refractivity contribution < 1.29 is 27.4 Å². The molecule has 9 heteroatoms. The fourth-order valence-corrected chi connectivity index (χ4v) is 2.37. The Morgan fingerprint density at radius 3 is 2.63 bits per heavy atom. The molecule has 0 saturated heterocycles. The Kier molecular flexibility index (Phi) is 5.65. The lowest BCUT2D eigenvalue weighted by Crippen LogP contribution is -2.21. The van der Waals surface area contributed by atoms with Gasteiger partial charge in [-0.3, -0.25) is 9.78 Å². The van der Waals surface area contributed by atoms with Crippen LogP contribution in [0.5, 0.6) is 5.75 Å². The summed E-state index contributed by atoms with van der Waals surface area (Å²) >= 11 is 7.25. The molecule has 106 valence electrons. The molecule has 0 amide bonds. The minimum absolute atomic E-state index is 0.0159. The predicted octanol–water partition coefficient (Wildman–Crippen LogP) is 3.04. The number of esters is 1. The minimum atomic E-state index is -4.88. The highest BCUT2D eigenvalue weighted by molar-refractivity contribution is 14.1. The van der Waals surface area contributed by atoms with Gasteiger partial charge in [0.2, 0.25) is 0 Å². The largest absolute Gasteiger partial charge is 0.573 e. The van der Waals surface area contributed by atoms with Gasteiger partial charge in [0.15, 0.2) is 5.75 Å². The molecule has 19 heavy (non-hydrogen) atoms. The van der Waals surface area contributed by atoms with E-state index in [1.807, 2.05) is 0 Å². The molecule has 0 radical (unpaired) electrons. The molecule has 0 bridgehead atoms. The molecule has 0 aliphatic heterocycles. The molecule has 0 aromatic carbocycles. The summed E-state index contributed by atoms with van der Waals surface area (Å²) in [5.74, 6) is -1.25. The average molecular weight is 410 g/mol. The van der Waals surface area contributed by atoms with Gasteiger partial charge in [-0.25, -0.2) is 0 Å². The average Bonchev–Trinajstić information content (AvgIpc) is 2.32. The van der Waals surface area contributed by atoms with E-state index in [0.717, 1.165) is 7.11 Å². The predicted molar refractivity (Wildman–Crippen MR) is 68.9 cm³/mol. The van der Waals surface area contributed by atoms with Crippen molar-refractivity contribution in [1.29, 1.82) is 0 Å². The highest BCUT2D eigenvalue weighted by atomic mass is 127. The second-order valence-corrected chi connectivity index (χ2v) is 4.65. The number of carbonyl (C=O) groups is 1. The molecule has 4 nitrogen and oxygen atoms in total. The number of methoxy groups -OCH3 is 1. The lowest BCUT2D eigenvalue weighted by molar-refractivity contribution is -0.275. The minimum Gasteiger partial charge on any atom is -0.469 e. The maximum atomic E-state index is 12.4. The van der Waals surface area contributed by atoms with E-state index in [9.17, 15) is 18.0 Å². The number of ether oxygens (including phenoxy) is 2. The van der Waals surface area contributed by atoms with Crippen molar-refractivity contribution in [1.82, 2.24) is 4.98 Å². The van der Waals surface area contributed by atoms with Gasteiger partial charge in [-0.15, -0.1) is 24.8 Å². The van der Waals surface area contributed by atoms with E-state index in [1.165, 1.54) is 6.20 Å². The summed E-state index contributed by atoms with van der Waals surface area (Å²) in [4.78, 5) is 14.9. The van der Waals surface area contributed by atoms with Gasteiger partial charge in [0.25, 0.3) is 0 Å². The lowest BCUT2D eigenvalue weighted by Gasteiger charge is -2.15. The molecule has 0 aliphatic rings. The van der Waals surface area contributed by atoms with Crippen molar-refractivity contribution in [3.05, 3.63) is 21.0 Å². The van der Waals surface area contributed by atoms with Gasteiger partial charge in [0.1, 0.15) is 0 Å². The third-order valence-corrected chi connectivity index (χ3v) is 3.49. The maximum Gasteiger partial charge on any atom is 0.573 e. The molecule has 0 fully saturated rings. The Morgan fingerprint density at radius 1 is 1.53 bits per heavy atom. The Balaban J connectivity index is 3.22. The number of pyridine rings is 1. The zero-order valence-corrected chi connectivity index (χ0v) is 12.5. The first-order valence-electron chi connectivity index (χ1n) is 4.83. The highest BCUT2D eigenvalue weighted by Crippen LogP contribution is 2.33. The fourth-order valence-electron chi connectivity index (χ4n) is 1.19. The van der Waals surface area contributed by atoms with Crippen LogP contribution in [0.2, 0.25) is 0 Å². The van der Waals surface area contributed by atoms with Crippen molar-refractivity contribution in [3.8, 4) is 5.75 Å². The van der Waals surface area contributed by atoms with Gasteiger partial charge in [-0.1, -0.05) is 0 Å². The van der Waals surface area contributed by atoms with Gasteiger partial charge in [0, 0.05) is 11.8 Å². The summed E-state index contributed by atoms with van der Waals surface area (Å²) < 4.78 is 45.5. The Morgan fingerprint density at radius 2 is 2.16 bits per heavy atom. The van der Waals surface area contributed by atoms with Gasteiger partial charge in [-0.05, 0) is 22.6 Å². The number of carbonyl (C=O) groups excluding carboxylic acids is 1. The standard InChI is InChI=1S/C10H8ClF3INO3/c1-18-7(17)2-6-9(19-10(12,13)14)8(15)5(3-11)4-16-6/h4H,2-3H2,1H3. The maximum absolute atomic E-state index is 12.4. The van der Waals surface area contributed by atoms with E-state index in [0.29, 0.717) is 5.56 Å². The topological polar surface area (TPSA) is 48.4 Å². The van der Waals surface area contributed by atoms with Crippen LogP contribution in [0.1, 0.15) is 11.3 Å². The van der Waals surface area contributed by atoms with Crippen LogP contribution in [-0.2, 0) is 21.8 Å². The molecule has 1 heterocycles. The van der Waals surface area contributed by atoms with Crippen molar-refractivity contribution in [3.63, 3.8) is 0 Å². The second kappa shape index (κ2) is 6.60. The molecule has 0 unspecified atom stereocenters. The number of rotatable bonds is 4. The van der Waals surface area contributed by atoms with Crippen LogP contribution in [0.4, 0.5) is 13.2 Å². The quantitative estimate of drug-likeness (QED) is 0.436. The van der Waals surface area contributed by atoms with Crippen LogP contribution in [0.25, 0.3) is 0 Å². The first-order chi connectivity index (χ1) is 8.78. The Labute approximate surface area is 125 Å². The molecule has 0 atom stereocenters. The fraction of sp³-hybridized carbons (Fsp3) is 0.400. The van der Waals surface area contributed by atoms with Gasteiger partial charge in [0.05, 0.1) is 28.7 Å². The number of hydrogen-bond acceptors (Lipinski definition) is 4. The van der Waals surface area contributed by atoms with E-state index in [1.54, 1.807) is 22.6 Å². The zero-order chi connectivity index (χ0) is 14.6. The van der Waals surface area contributed by atoms with Crippen molar-refractivity contribution in [2.75, 3.05) is 7.11 Å². The SMILES string of the molecule is COC(=O)Cc1ncc(CCl)c(I)c1OC(F)(F)F. The summed E-state index contributed by atoms with van der Waals surface area (Å²) in [6.45, 7) is 0. The van der Waals surface area contributed by atoms with E-state index in [2.05, 4.69) is 14.5 Å². The normalized spacial score (nSPS) is 11.3.